The summed E-state index contributed by atoms with van der Waals surface area (Å²) in [5.74, 6) is 0.101. The van der Waals surface area contributed by atoms with Crippen LogP contribution in [0, 0.1) is 0 Å². The van der Waals surface area contributed by atoms with Gasteiger partial charge in [0.05, 0.1) is 6.20 Å². The number of aromatic nitrogens is 2. The van der Waals surface area contributed by atoms with Gasteiger partial charge < -0.3 is 11.1 Å². The number of hydrogen-bond donors (Lipinski definition) is 3. The van der Waals surface area contributed by atoms with Gasteiger partial charge in [-0.15, -0.1) is 0 Å². The Morgan fingerprint density at radius 1 is 1.75 bits per heavy atom. The highest BCUT2D eigenvalue weighted by atomic mass is 16.1. The molecule has 0 aliphatic carbocycles. The Kier molecular flexibility index (Phi) is 2.32. The van der Waals surface area contributed by atoms with Gasteiger partial charge in [-0.05, 0) is 13.8 Å². The Bertz CT molecular complexity index is 279. The fourth-order valence-electron chi connectivity index (χ4n) is 0.872. The zero-order chi connectivity index (χ0) is 9.14. The van der Waals surface area contributed by atoms with Gasteiger partial charge in [-0.3, -0.25) is 9.89 Å². The first kappa shape index (κ1) is 8.58. The van der Waals surface area contributed by atoms with Crippen molar-refractivity contribution < 1.29 is 4.79 Å². The van der Waals surface area contributed by atoms with Crippen LogP contribution in [0.2, 0.25) is 0 Å². The molecule has 0 fully saturated rings. The molecule has 1 rings (SSSR count). The van der Waals surface area contributed by atoms with Crippen molar-refractivity contribution in [1.82, 2.24) is 10.2 Å². The van der Waals surface area contributed by atoms with Crippen molar-refractivity contribution >= 4 is 11.7 Å². The molecule has 0 aliphatic rings. The highest BCUT2D eigenvalue weighted by molar-refractivity contribution is 5.97. The number of aromatic amines is 1. The second-order valence-electron chi connectivity index (χ2n) is 2.82. The number of nitrogens with zero attached hydrogens (tertiary/aromatic N) is 1. The Labute approximate surface area is 70.3 Å². The Hall–Kier alpha value is -1.52. The van der Waals surface area contributed by atoms with Crippen molar-refractivity contribution in [3.05, 3.63) is 11.8 Å². The van der Waals surface area contributed by atoms with Crippen LogP contribution in [0.5, 0.6) is 0 Å². The molecule has 0 spiro atoms. The lowest BCUT2D eigenvalue weighted by molar-refractivity contribution is 0.100. The monoisotopic (exact) mass is 168 g/mol. The summed E-state index contributed by atoms with van der Waals surface area (Å²) in [6.07, 6.45) is 1.41. The number of rotatable bonds is 3. The molecule has 5 heteroatoms. The lowest BCUT2D eigenvalue weighted by Crippen LogP contribution is -2.16. The van der Waals surface area contributed by atoms with Crippen LogP contribution in [-0.4, -0.2) is 22.1 Å². The average Bonchev–Trinajstić information content (AvgIpc) is 2.33. The van der Waals surface area contributed by atoms with Crippen LogP contribution in [0.4, 0.5) is 5.82 Å². The normalized spacial score (nSPS) is 10.2. The van der Waals surface area contributed by atoms with Crippen molar-refractivity contribution in [1.29, 1.82) is 0 Å². The fourth-order valence-corrected chi connectivity index (χ4v) is 0.872. The van der Waals surface area contributed by atoms with Gasteiger partial charge in [-0.1, -0.05) is 0 Å². The smallest absolute Gasteiger partial charge is 0.254 e. The molecule has 0 bridgehead atoms. The number of primary amides is 1. The molecular weight excluding hydrogens is 156 g/mol. The van der Waals surface area contributed by atoms with Crippen molar-refractivity contribution in [3.63, 3.8) is 0 Å². The molecule has 1 heterocycles. The van der Waals surface area contributed by atoms with E-state index in [1.165, 1.54) is 6.20 Å². The van der Waals surface area contributed by atoms with Crippen molar-refractivity contribution in [2.45, 2.75) is 19.9 Å². The number of hydrogen-bond acceptors (Lipinski definition) is 3. The van der Waals surface area contributed by atoms with Gasteiger partial charge in [0.2, 0.25) is 0 Å². The highest BCUT2D eigenvalue weighted by Crippen LogP contribution is 2.10. The summed E-state index contributed by atoms with van der Waals surface area (Å²) in [6.45, 7) is 3.93. The lowest BCUT2D eigenvalue weighted by atomic mass is 10.3. The summed E-state index contributed by atoms with van der Waals surface area (Å²) in [5.41, 5.74) is 5.49. The standard InChI is InChI=1S/C7H12N4O/c1-4(2)10-7-5(6(8)12)3-9-11-7/h3-4H,1-2H3,(H2,8,12)(H2,9,10,11). The Morgan fingerprint density at radius 3 is 2.92 bits per heavy atom. The van der Waals surface area contributed by atoms with E-state index in [4.69, 9.17) is 5.73 Å². The summed E-state index contributed by atoms with van der Waals surface area (Å²) in [7, 11) is 0. The second kappa shape index (κ2) is 3.25. The number of amides is 1. The minimum Gasteiger partial charge on any atom is -0.368 e. The van der Waals surface area contributed by atoms with Crippen molar-refractivity contribution in [2.24, 2.45) is 5.73 Å². The second-order valence-corrected chi connectivity index (χ2v) is 2.82. The van der Waals surface area contributed by atoms with E-state index < -0.39 is 5.91 Å². The maximum Gasteiger partial charge on any atom is 0.254 e. The van der Waals surface area contributed by atoms with Gasteiger partial charge in [0.25, 0.3) is 5.91 Å². The van der Waals surface area contributed by atoms with Crippen molar-refractivity contribution in [2.75, 3.05) is 5.32 Å². The number of carbonyl (C=O) groups excluding carboxylic acids is 1. The molecule has 0 radical (unpaired) electrons. The summed E-state index contributed by atoms with van der Waals surface area (Å²) in [5, 5.41) is 9.38. The van der Waals surface area contributed by atoms with E-state index in [-0.39, 0.29) is 6.04 Å². The van der Waals surface area contributed by atoms with E-state index in [1.54, 1.807) is 0 Å². The van der Waals surface area contributed by atoms with E-state index >= 15 is 0 Å². The minimum atomic E-state index is -0.480. The molecule has 0 atom stereocenters. The Morgan fingerprint density at radius 2 is 2.42 bits per heavy atom. The van der Waals surface area contributed by atoms with E-state index in [1.807, 2.05) is 13.8 Å². The number of anilines is 1. The van der Waals surface area contributed by atoms with E-state index in [9.17, 15) is 4.79 Å². The zero-order valence-corrected chi connectivity index (χ0v) is 7.09. The first-order valence-electron chi connectivity index (χ1n) is 3.71. The van der Waals surface area contributed by atoms with E-state index in [0.717, 1.165) is 0 Å². The van der Waals surface area contributed by atoms with E-state index in [2.05, 4.69) is 15.5 Å². The van der Waals surface area contributed by atoms with Gasteiger partial charge in [-0.2, -0.15) is 5.10 Å². The van der Waals surface area contributed by atoms with E-state index in [0.29, 0.717) is 11.4 Å². The number of carbonyl (C=O) groups is 1. The molecule has 1 aromatic rings. The molecule has 1 amide bonds. The minimum absolute atomic E-state index is 0.239. The van der Waals surface area contributed by atoms with Crippen LogP contribution in [0.1, 0.15) is 24.2 Å². The fraction of sp³-hybridized carbons (Fsp3) is 0.429. The van der Waals surface area contributed by atoms with Crippen LogP contribution < -0.4 is 11.1 Å². The Balaban J connectivity index is 2.84. The largest absolute Gasteiger partial charge is 0.368 e. The number of nitrogens with one attached hydrogen (secondary N) is 2. The first-order chi connectivity index (χ1) is 5.61. The third kappa shape index (κ3) is 1.75. The molecule has 5 nitrogen and oxygen atoms in total. The molecule has 0 aliphatic heterocycles. The molecule has 4 N–H and O–H groups in total. The molecular formula is C7H12N4O. The topological polar surface area (TPSA) is 83.8 Å². The molecule has 0 aromatic carbocycles. The van der Waals surface area contributed by atoms with Crippen LogP contribution in [0.15, 0.2) is 6.20 Å². The highest BCUT2D eigenvalue weighted by Gasteiger charge is 2.10. The van der Waals surface area contributed by atoms with Crippen LogP contribution >= 0.6 is 0 Å². The molecule has 0 saturated heterocycles. The molecule has 0 unspecified atom stereocenters. The van der Waals surface area contributed by atoms with Crippen LogP contribution in [0.3, 0.4) is 0 Å². The third-order valence-electron chi connectivity index (χ3n) is 1.34. The third-order valence-corrected chi connectivity index (χ3v) is 1.34. The number of H-pyrrole nitrogens is 1. The molecule has 66 valence electrons. The van der Waals surface area contributed by atoms with Gasteiger partial charge >= 0.3 is 0 Å². The average molecular weight is 168 g/mol. The predicted octanol–water partition coefficient (Wildman–Crippen LogP) is 0.329. The van der Waals surface area contributed by atoms with Crippen molar-refractivity contribution in [3.8, 4) is 0 Å². The van der Waals surface area contributed by atoms with Gasteiger partial charge in [0, 0.05) is 6.04 Å². The quantitative estimate of drug-likeness (QED) is 0.608. The SMILES string of the molecule is CC(C)Nc1[nH]ncc1C(N)=O. The zero-order valence-electron chi connectivity index (χ0n) is 7.09. The maximum absolute atomic E-state index is 10.8. The van der Waals surface area contributed by atoms with Gasteiger partial charge in [0.1, 0.15) is 11.4 Å². The van der Waals surface area contributed by atoms with Gasteiger partial charge in [0.15, 0.2) is 0 Å². The number of nitrogens with two attached hydrogens (primary N) is 1. The van der Waals surface area contributed by atoms with Crippen LogP contribution in [0.25, 0.3) is 0 Å². The van der Waals surface area contributed by atoms with Gasteiger partial charge in [-0.25, -0.2) is 0 Å². The maximum atomic E-state index is 10.8. The summed E-state index contributed by atoms with van der Waals surface area (Å²) >= 11 is 0. The van der Waals surface area contributed by atoms with Crippen LogP contribution in [-0.2, 0) is 0 Å². The summed E-state index contributed by atoms with van der Waals surface area (Å²) < 4.78 is 0. The molecule has 0 saturated carbocycles. The predicted molar refractivity (Wildman–Crippen MR) is 45.9 cm³/mol. The first-order valence-corrected chi connectivity index (χ1v) is 3.71. The summed E-state index contributed by atoms with van der Waals surface area (Å²) in [4.78, 5) is 10.8. The molecule has 1 aromatic heterocycles. The summed E-state index contributed by atoms with van der Waals surface area (Å²) in [6, 6.07) is 0.239. The lowest BCUT2D eigenvalue weighted by Gasteiger charge is -2.07. The molecule has 12 heavy (non-hydrogen) atoms.